The number of imidazole rings is 1. The summed E-state index contributed by atoms with van der Waals surface area (Å²) in [5.74, 6) is 1.94. The zero-order valence-corrected chi connectivity index (χ0v) is 44.0. The van der Waals surface area contributed by atoms with Crippen molar-refractivity contribution in [3.63, 3.8) is 0 Å². The SMILES string of the molecule is CC(C)c1cc(-c2ccc(C(C)(C)C)cc2)cc(C(C)C)c1-n1c(-c2[c-]ccc3c2oc2cc4c(ccc5ccccc54)cc23)nc2ccccc21.[2H]C([2H])([2H])c1c[c-]c(-c2nccc(C(C)(C)C)n2)cc1.[Ir]. The van der Waals surface area contributed by atoms with Gasteiger partial charge in [0.25, 0.3) is 0 Å². The molecule has 0 spiro atoms. The summed E-state index contributed by atoms with van der Waals surface area (Å²) >= 11 is 0. The summed E-state index contributed by atoms with van der Waals surface area (Å²) < 4.78 is 31.3. The molecule has 70 heavy (non-hydrogen) atoms. The molecule has 0 fully saturated rings. The van der Waals surface area contributed by atoms with Crippen LogP contribution in [-0.2, 0) is 30.9 Å². The Kier molecular flexibility index (Phi) is 12.0. The second kappa shape index (κ2) is 18.9. The first-order chi connectivity index (χ1) is 34.2. The van der Waals surface area contributed by atoms with E-state index < -0.39 is 6.85 Å². The molecule has 0 aliphatic rings. The molecular weight excluding hydrogens is 1030 g/mol. The van der Waals surface area contributed by atoms with Gasteiger partial charge in [-0.05, 0) is 109 Å². The van der Waals surface area contributed by atoms with Crippen LogP contribution in [0, 0.1) is 19.0 Å². The molecule has 1 radical (unpaired) electrons. The number of para-hydroxylation sites is 2. The maximum Gasteiger partial charge on any atom is 0.121 e. The molecule has 3 heterocycles. The van der Waals surface area contributed by atoms with E-state index >= 15 is 0 Å². The second-order valence-corrected chi connectivity index (χ2v) is 21.0. The Balaban J connectivity index is 0.000000264. The third-order valence-corrected chi connectivity index (χ3v) is 13.3. The molecule has 8 aromatic carbocycles. The minimum absolute atomic E-state index is 0. The summed E-state index contributed by atoms with van der Waals surface area (Å²) in [7, 11) is 0. The number of hydrogen-bond donors (Lipinski definition) is 0. The van der Waals surface area contributed by atoms with E-state index in [1.54, 1.807) is 18.3 Å². The third-order valence-electron chi connectivity index (χ3n) is 13.3. The number of aryl methyl sites for hydroxylation is 1. The van der Waals surface area contributed by atoms with Crippen molar-refractivity contribution in [2.24, 2.45) is 0 Å². The van der Waals surface area contributed by atoms with E-state index in [0.717, 1.165) is 50.1 Å². The molecule has 11 rings (SSSR count). The molecule has 0 saturated heterocycles. The van der Waals surface area contributed by atoms with Gasteiger partial charge in [0.05, 0.1) is 28.3 Å². The van der Waals surface area contributed by atoms with Gasteiger partial charge in [0, 0.05) is 52.6 Å². The minimum Gasteiger partial charge on any atom is -0.501 e. The van der Waals surface area contributed by atoms with E-state index in [1.807, 2.05) is 12.1 Å². The first kappa shape index (κ1) is 44.5. The van der Waals surface area contributed by atoms with Crippen LogP contribution in [0.3, 0.4) is 0 Å². The molecule has 0 saturated carbocycles. The predicted octanol–water partition coefficient (Wildman–Crippen LogP) is 17.5. The third kappa shape index (κ3) is 9.12. The van der Waals surface area contributed by atoms with Crippen molar-refractivity contribution in [1.82, 2.24) is 19.5 Å². The molecule has 0 bridgehead atoms. The maximum absolute atomic E-state index is 7.35. The van der Waals surface area contributed by atoms with E-state index in [4.69, 9.17) is 13.5 Å². The summed E-state index contributed by atoms with van der Waals surface area (Å²) in [6, 6.07) is 57.2. The van der Waals surface area contributed by atoms with Gasteiger partial charge in [0.15, 0.2) is 0 Å². The van der Waals surface area contributed by atoms with Crippen LogP contribution < -0.4 is 0 Å². The Morgan fingerprint density at radius 3 is 2.03 bits per heavy atom. The molecule has 0 aliphatic carbocycles. The van der Waals surface area contributed by atoms with Gasteiger partial charge in [-0.15, -0.1) is 53.6 Å². The summed E-state index contributed by atoms with van der Waals surface area (Å²) in [6.07, 6.45) is 1.72. The van der Waals surface area contributed by atoms with Crippen LogP contribution in [0.2, 0.25) is 0 Å². The number of aromatic nitrogens is 4. The van der Waals surface area contributed by atoms with E-state index in [9.17, 15) is 0 Å². The summed E-state index contributed by atoms with van der Waals surface area (Å²) in [6.45, 7) is 20.2. The van der Waals surface area contributed by atoms with Gasteiger partial charge in [0.2, 0.25) is 0 Å². The number of fused-ring (bicyclic) bond motifs is 7. The van der Waals surface area contributed by atoms with Crippen LogP contribution in [0.5, 0.6) is 0 Å². The smallest absolute Gasteiger partial charge is 0.121 e. The van der Waals surface area contributed by atoms with Gasteiger partial charge in [-0.25, -0.2) is 0 Å². The van der Waals surface area contributed by atoms with Crippen molar-refractivity contribution in [2.45, 2.75) is 98.8 Å². The molecule has 0 amide bonds. The van der Waals surface area contributed by atoms with Crippen LogP contribution in [0.4, 0.5) is 0 Å². The Bertz CT molecular complexity index is 3790. The van der Waals surface area contributed by atoms with Gasteiger partial charge >= 0.3 is 0 Å². The van der Waals surface area contributed by atoms with Crippen LogP contribution in [-0.4, -0.2) is 19.5 Å². The summed E-state index contributed by atoms with van der Waals surface area (Å²) in [5.41, 5.74) is 14.1. The van der Waals surface area contributed by atoms with Gasteiger partial charge < -0.3 is 8.98 Å². The molecule has 3 aromatic heterocycles. The van der Waals surface area contributed by atoms with E-state index in [1.165, 1.54) is 61.1 Å². The Hall–Kier alpha value is -6.72. The van der Waals surface area contributed by atoms with Crippen molar-refractivity contribution in [3.05, 3.63) is 192 Å². The fourth-order valence-corrected chi connectivity index (χ4v) is 9.45. The first-order valence-corrected chi connectivity index (χ1v) is 24.1. The molecular formula is C64H60IrN4O-2. The normalized spacial score (nSPS) is 12.9. The molecule has 0 atom stereocenters. The number of furan rings is 1. The number of rotatable bonds is 6. The molecule has 5 nitrogen and oxygen atoms in total. The van der Waals surface area contributed by atoms with Crippen LogP contribution in [0.25, 0.3) is 94.1 Å². The molecule has 11 aromatic rings. The largest absolute Gasteiger partial charge is 0.501 e. The second-order valence-electron chi connectivity index (χ2n) is 21.0. The van der Waals surface area contributed by atoms with Crippen LogP contribution in [0.15, 0.2) is 156 Å². The first-order valence-electron chi connectivity index (χ1n) is 25.6. The van der Waals surface area contributed by atoms with Gasteiger partial charge in [0.1, 0.15) is 5.58 Å². The average Bonchev–Trinajstić information content (AvgIpc) is 3.93. The zero-order chi connectivity index (χ0) is 50.9. The molecule has 0 N–H and O–H groups in total. The van der Waals surface area contributed by atoms with E-state index in [2.05, 4.69) is 211 Å². The Labute approximate surface area is 430 Å². The standard InChI is InChI=1S/C49H43N2O.C15H17N2.Ir/c1-29(2)39-26-34(31-21-23-35(24-22-31)49(5,6)7)27-40(30(3)4)46(39)51-44-18-11-10-17-43(44)50-48(51)38-16-12-15-37-42-25-33-20-19-32-13-8-9-14-36(32)41(33)28-45(42)52-47(37)38;1-11-5-7-12(8-6-11)14-16-10-9-13(17-14)15(2,3)4;/h8-15,17-30H,1-7H3;5-7,9-10H,1-4H3;/q2*-1;/i;1D3;. The molecule has 353 valence electrons. The fourth-order valence-electron chi connectivity index (χ4n) is 9.45. The van der Waals surface area contributed by atoms with Crippen molar-refractivity contribution in [3.8, 4) is 39.6 Å². The minimum atomic E-state index is -2.11. The zero-order valence-electron chi connectivity index (χ0n) is 44.6. The van der Waals surface area contributed by atoms with Gasteiger partial charge in [-0.1, -0.05) is 160 Å². The van der Waals surface area contributed by atoms with Crippen molar-refractivity contribution >= 4 is 54.5 Å². The van der Waals surface area contributed by atoms with Crippen LogP contribution in [0.1, 0.15) is 113 Å². The number of hydrogen-bond acceptors (Lipinski definition) is 4. The maximum atomic E-state index is 7.35. The van der Waals surface area contributed by atoms with E-state index in [0.29, 0.717) is 11.4 Å². The number of benzene rings is 8. The Morgan fingerprint density at radius 2 is 1.34 bits per heavy atom. The fraction of sp³-hybridized carbons (Fsp3) is 0.234. The van der Waals surface area contributed by atoms with Crippen molar-refractivity contribution in [1.29, 1.82) is 0 Å². The summed E-state index contributed by atoms with van der Waals surface area (Å²) in [5, 5.41) is 7.02. The monoisotopic (exact) mass is 1100 g/mol. The summed E-state index contributed by atoms with van der Waals surface area (Å²) in [4.78, 5) is 14.1. The molecule has 0 unspecified atom stereocenters. The molecule has 0 aliphatic heterocycles. The topological polar surface area (TPSA) is 56.7 Å². The van der Waals surface area contributed by atoms with Gasteiger partial charge in [-0.2, -0.15) is 0 Å². The number of nitrogens with zero attached hydrogens (tertiary/aromatic N) is 4. The quantitative estimate of drug-likeness (QED) is 0.123. The molecule has 6 heteroatoms. The van der Waals surface area contributed by atoms with Crippen LogP contribution >= 0.6 is 0 Å². The average molecular weight is 1100 g/mol. The predicted molar refractivity (Wildman–Crippen MR) is 290 cm³/mol. The Morgan fingerprint density at radius 1 is 0.629 bits per heavy atom. The van der Waals surface area contributed by atoms with Crippen molar-refractivity contribution < 1.29 is 28.6 Å². The van der Waals surface area contributed by atoms with Gasteiger partial charge in [-0.3, -0.25) is 15.0 Å². The van der Waals surface area contributed by atoms with Crippen molar-refractivity contribution in [2.75, 3.05) is 0 Å². The van der Waals surface area contributed by atoms with E-state index in [-0.39, 0.29) is 48.3 Å².